The molecule has 0 saturated carbocycles. The molecular formula is C7H15ClN2O4S. The van der Waals surface area contributed by atoms with Gasteiger partial charge in [-0.1, -0.05) is 0 Å². The average molecular weight is 259 g/mol. The number of rotatable bonds is 6. The Morgan fingerprint density at radius 2 is 2.13 bits per heavy atom. The lowest BCUT2D eigenvalue weighted by Crippen LogP contribution is -2.40. The molecule has 0 radical (unpaired) electrons. The van der Waals surface area contributed by atoms with Crippen molar-refractivity contribution in [3.8, 4) is 0 Å². The van der Waals surface area contributed by atoms with Crippen molar-refractivity contribution >= 4 is 27.9 Å². The first kappa shape index (κ1) is 14.5. The molecule has 0 aromatic rings. The molecule has 1 unspecified atom stereocenters. The van der Waals surface area contributed by atoms with Crippen molar-refractivity contribution in [2.75, 3.05) is 13.7 Å². The molecule has 15 heavy (non-hydrogen) atoms. The fourth-order valence-corrected chi connectivity index (χ4v) is 1.72. The molecule has 0 saturated heterocycles. The van der Waals surface area contributed by atoms with Crippen LogP contribution in [0.25, 0.3) is 0 Å². The summed E-state index contributed by atoms with van der Waals surface area (Å²) in [5.41, 5.74) is 0. The molecule has 0 aliphatic rings. The van der Waals surface area contributed by atoms with Crippen LogP contribution in [-0.2, 0) is 14.9 Å². The number of ether oxygens (including phenoxy) is 1. The van der Waals surface area contributed by atoms with Crippen LogP contribution in [0.5, 0.6) is 0 Å². The third-order valence-electron chi connectivity index (χ3n) is 1.47. The summed E-state index contributed by atoms with van der Waals surface area (Å²) in [5, 5.41) is 0.00284. The Bertz CT molecular complexity index is 291. The molecule has 6 nitrogen and oxygen atoms in total. The van der Waals surface area contributed by atoms with E-state index in [1.54, 1.807) is 4.72 Å². The zero-order valence-electron chi connectivity index (χ0n) is 8.62. The van der Waals surface area contributed by atoms with Gasteiger partial charge in [-0.2, -0.15) is 13.1 Å². The molecule has 0 aromatic carbocycles. The van der Waals surface area contributed by atoms with Crippen molar-refractivity contribution < 1.29 is 17.9 Å². The van der Waals surface area contributed by atoms with Gasteiger partial charge < -0.3 is 4.74 Å². The fraction of sp³-hybridized carbons (Fsp3) is 0.857. The van der Waals surface area contributed by atoms with Crippen LogP contribution in [0.15, 0.2) is 0 Å². The van der Waals surface area contributed by atoms with Gasteiger partial charge in [-0.25, -0.2) is 9.52 Å². The van der Waals surface area contributed by atoms with Gasteiger partial charge >= 0.3 is 16.3 Å². The Balaban J connectivity index is 3.80. The van der Waals surface area contributed by atoms with Gasteiger partial charge in [0.05, 0.1) is 7.11 Å². The highest BCUT2D eigenvalue weighted by Crippen LogP contribution is 2.02. The summed E-state index contributed by atoms with van der Waals surface area (Å²) in [6.45, 7) is 2.05. The van der Waals surface area contributed by atoms with Gasteiger partial charge in [0.1, 0.15) is 0 Å². The van der Waals surface area contributed by atoms with E-state index in [9.17, 15) is 13.2 Å². The van der Waals surface area contributed by atoms with Crippen LogP contribution in [0, 0.1) is 0 Å². The average Bonchev–Trinajstić information content (AvgIpc) is 2.11. The van der Waals surface area contributed by atoms with Crippen LogP contribution in [0.2, 0.25) is 0 Å². The van der Waals surface area contributed by atoms with E-state index in [0.29, 0.717) is 12.8 Å². The molecule has 2 N–H and O–H groups in total. The number of amides is 1. The van der Waals surface area contributed by atoms with Crippen molar-refractivity contribution in [3.05, 3.63) is 0 Å². The number of methoxy groups -OCH3 is 1. The molecule has 0 fully saturated rings. The van der Waals surface area contributed by atoms with Gasteiger partial charge in [0, 0.05) is 11.9 Å². The molecule has 0 aliphatic carbocycles. The van der Waals surface area contributed by atoms with Crippen LogP contribution < -0.4 is 9.44 Å². The second-order valence-electron chi connectivity index (χ2n) is 2.91. The highest BCUT2D eigenvalue weighted by molar-refractivity contribution is 7.88. The van der Waals surface area contributed by atoms with Crippen molar-refractivity contribution in [3.63, 3.8) is 0 Å². The topological polar surface area (TPSA) is 84.5 Å². The SMILES string of the molecule is COC(=O)NS(=O)(=O)NCCCC(C)Cl. The van der Waals surface area contributed by atoms with Crippen LogP contribution in [0.3, 0.4) is 0 Å². The lowest BCUT2D eigenvalue weighted by Gasteiger charge is -2.07. The van der Waals surface area contributed by atoms with Gasteiger partial charge in [0.25, 0.3) is 0 Å². The van der Waals surface area contributed by atoms with E-state index in [-0.39, 0.29) is 11.9 Å². The standard InChI is InChI=1S/C7H15ClN2O4S/c1-6(8)4-3-5-9-15(12,13)10-7(11)14-2/h6,9H,3-5H2,1-2H3,(H,10,11). The number of alkyl halides is 1. The minimum atomic E-state index is -3.81. The third-order valence-corrected chi connectivity index (χ3v) is 2.71. The van der Waals surface area contributed by atoms with Crippen molar-refractivity contribution in [2.45, 2.75) is 25.1 Å². The third kappa shape index (κ3) is 8.46. The van der Waals surface area contributed by atoms with Crippen molar-refractivity contribution in [2.24, 2.45) is 0 Å². The van der Waals surface area contributed by atoms with Crippen molar-refractivity contribution in [1.29, 1.82) is 0 Å². The van der Waals surface area contributed by atoms with Gasteiger partial charge in [-0.15, -0.1) is 11.6 Å². The molecule has 0 bridgehead atoms. The Hall–Kier alpha value is -0.530. The largest absolute Gasteiger partial charge is 0.452 e. The number of halogens is 1. The van der Waals surface area contributed by atoms with Crippen LogP contribution in [-0.4, -0.2) is 33.5 Å². The van der Waals surface area contributed by atoms with E-state index in [0.717, 1.165) is 7.11 Å². The molecular weight excluding hydrogens is 244 g/mol. The van der Waals surface area contributed by atoms with Gasteiger partial charge in [-0.3, -0.25) is 0 Å². The van der Waals surface area contributed by atoms with Gasteiger partial charge in [0.15, 0.2) is 0 Å². The Labute approximate surface area is 94.5 Å². The lowest BCUT2D eigenvalue weighted by atomic mass is 10.2. The zero-order chi connectivity index (χ0) is 11.9. The summed E-state index contributed by atoms with van der Waals surface area (Å²) in [4.78, 5) is 10.6. The Kier molecular flexibility index (Phi) is 6.62. The summed E-state index contributed by atoms with van der Waals surface area (Å²) >= 11 is 5.67. The van der Waals surface area contributed by atoms with Crippen LogP contribution in [0.4, 0.5) is 4.79 Å². The molecule has 0 aliphatic heterocycles. The summed E-state index contributed by atoms with van der Waals surface area (Å²) in [6, 6.07) is 0. The van der Waals surface area contributed by atoms with Crippen molar-refractivity contribution in [1.82, 2.24) is 9.44 Å². The van der Waals surface area contributed by atoms with Crippen LogP contribution >= 0.6 is 11.6 Å². The number of hydrogen-bond donors (Lipinski definition) is 2. The van der Waals surface area contributed by atoms with E-state index in [4.69, 9.17) is 11.6 Å². The molecule has 8 heteroatoms. The zero-order valence-corrected chi connectivity index (χ0v) is 10.2. The minimum absolute atomic E-state index is 0.00284. The van der Waals surface area contributed by atoms with E-state index in [2.05, 4.69) is 9.46 Å². The lowest BCUT2D eigenvalue weighted by molar-refractivity contribution is 0.177. The Morgan fingerprint density at radius 1 is 1.53 bits per heavy atom. The fourth-order valence-electron chi connectivity index (χ4n) is 0.777. The highest BCUT2D eigenvalue weighted by atomic mass is 35.5. The first-order valence-electron chi connectivity index (χ1n) is 4.37. The molecule has 0 heterocycles. The summed E-state index contributed by atoms with van der Waals surface area (Å²) in [7, 11) is -2.73. The minimum Gasteiger partial charge on any atom is -0.452 e. The highest BCUT2D eigenvalue weighted by Gasteiger charge is 2.13. The monoisotopic (exact) mass is 258 g/mol. The van der Waals surface area contributed by atoms with Crippen LogP contribution in [0.1, 0.15) is 19.8 Å². The predicted octanol–water partition coefficient (Wildman–Crippen LogP) is 0.584. The Morgan fingerprint density at radius 3 is 2.60 bits per heavy atom. The maximum Gasteiger partial charge on any atom is 0.421 e. The summed E-state index contributed by atoms with van der Waals surface area (Å²) in [6.07, 6.45) is 0.280. The normalized spacial score (nSPS) is 13.3. The van der Waals surface area contributed by atoms with Gasteiger partial charge in [0.2, 0.25) is 0 Å². The number of hydrogen-bond acceptors (Lipinski definition) is 4. The second kappa shape index (κ2) is 6.86. The van der Waals surface area contributed by atoms with E-state index in [1.807, 2.05) is 6.92 Å². The quantitative estimate of drug-likeness (QED) is 0.539. The van der Waals surface area contributed by atoms with E-state index >= 15 is 0 Å². The second-order valence-corrected chi connectivity index (χ2v) is 5.16. The summed E-state index contributed by atoms with van der Waals surface area (Å²) in [5.74, 6) is 0. The molecule has 0 rings (SSSR count). The molecule has 0 spiro atoms. The molecule has 0 aromatic heterocycles. The van der Waals surface area contributed by atoms with E-state index < -0.39 is 16.3 Å². The molecule has 90 valence electrons. The van der Waals surface area contributed by atoms with Gasteiger partial charge in [-0.05, 0) is 19.8 Å². The number of carbonyl (C=O) groups excluding carboxylic acids is 1. The molecule has 1 atom stereocenters. The first-order valence-corrected chi connectivity index (χ1v) is 6.29. The number of carbonyl (C=O) groups is 1. The summed E-state index contributed by atoms with van der Waals surface area (Å²) < 4.78 is 30.2. The van der Waals surface area contributed by atoms with E-state index in [1.165, 1.54) is 0 Å². The smallest absolute Gasteiger partial charge is 0.421 e. The maximum atomic E-state index is 11.1. The number of nitrogens with one attached hydrogen (secondary N) is 2. The first-order chi connectivity index (χ1) is 6.87. The maximum absolute atomic E-state index is 11.1. The molecule has 1 amide bonds. The predicted molar refractivity (Wildman–Crippen MR) is 57.0 cm³/mol.